The molecule has 0 aliphatic heterocycles. The number of carbonyl (C=O) groups is 2. The molecular weight excluding hydrogens is 284 g/mol. The van der Waals surface area contributed by atoms with Gasteiger partial charge in [-0.25, -0.2) is 9.59 Å². The molecule has 2 rings (SSSR count). The SMILES string of the molecule is CCOc1ccc(C(=O)Oc2ccc(C(=O)OC)cc2)cc1. The molecule has 22 heavy (non-hydrogen) atoms. The molecule has 5 nitrogen and oxygen atoms in total. The summed E-state index contributed by atoms with van der Waals surface area (Å²) in [6, 6.07) is 12.8. The number of ether oxygens (including phenoxy) is 3. The molecule has 0 aromatic heterocycles. The number of hydrogen-bond donors (Lipinski definition) is 0. The second-order valence-corrected chi connectivity index (χ2v) is 4.36. The van der Waals surface area contributed by atoms with Gasteiger partial charge in [0.05, 0.1) is 24.8 Å². The highest BCUT2D eigenvalue weighted by Gasteiger charge is 2.10. The van der Waals surface area contributed by atoms with Crippen LogP contribution >= 0.6 is 0 Å². The van der Waals surface area contributed by atoms with E-state index >= 15 is 0 Å². The Labute approximate surface area is 128 Å². The summed E-state index contributed by atoms with van der Waals surface area (Å²) in [5.41, 5.74) is 0.809. The predicted octanol–water partition coefficient (Wildman–Crippen LogP) is 3.09. The van der Waals surface area contributed by atoms with Crippen LogP contribution in [-0.4, -0.2) is 25.7 Å². The fourth-order valence-electron chi connectivity index (χ4n) is 1.80. The van der Waals surface area contributed by atoms with Gasteiger partial charge in [0, 0.05) is 0 Å². The normalized spacial score (nSPS) is 9.91. The smallest absolute Gasteiger partial charge is 0.343 e. The lowest BCUT2D eigenvalue weighted by Gasteiger charge is -2.06. The van der Waals surface area contributed by atoms with Crippen LogP contribution in [0.2, 0.25) is 0 Å². The number of rotatable bonds is 5. The second-order valence-electron chi connectivity index (χ2n) is 4.36. The van der Waals surface area contributed by atoms with E-state index in [1.165, 1.54) is 19.2 Å². The van der Waals surface area contributed by atoms with E-state index in [-0.39, 0.29) is 0 Å². The molecule has 2 aromatic carbocycles. The van der Waals surface area contributed by atoms with Gasteiger partial charge in [-0.3, -0.25) is 0 Å². The van der Waals surface area contributed by atoms with Crippen LogP contribution in [0.25, 0.3) is 0 Å². The molecule has 0 N–H and O–H groups in total. The van der Waals surface area contributed by atoms with Crippen molar-refractivity contribution in [3.8, 4) is 11.5 Å². The number of methoxy groups -OCH3 is 1. The van der Waals surface area contributed by atoms with Gasteiger partial charge in [0.15, 0.2) is 0 Å². The minimum absolute atomic E-state index is 0.353. The van der Waals surface area contributed by atoms with E-state index in [0.29, 0.717) is 29.2 Å². The van der Waals surface area contributed by atoms with Gasteiger partial charge in [0.2, 0.25) is 0 Å². The molecule has 0 spiro atoms. The highest BCUT2D eigenvalue weighted by atomic mass is 16.5. The van der Waals surface area contributed by atoms with Crippen LogP contribution in [0.5, 0.6) is 11.5 Å². The topological polar surface area (TPSA) is 61.8 Å². The van der Waals surface area contributed by atoms with E-state index in [0.717, 1.165) is 0 Å². The van der Waals surface area contributed by atoms with Crippen LogP contribution in [0, 0.1) is 0 Å². The quantitative estimate of drug-likeness (QED) is 0.627. The average Bonchev–Trinajstić information content (AvgIpc) is 2.55. The molecule has 0 radical (unpaired) electrons. The summed E-state index contributed by atoms with van der Waals surface area (Å²) in [6.45, 7) is 2.45. The van der Waals surface area contributed by atoms with Crippen LogP contribution in [0.1, 0.15) is 27.6 Å². The number of carbonyl (C=O) groups excluding carboxylic acids is 2. The van der Waals surface area contributed by atoms with Crippen molar-refractivity contribution in [3.05, 3.63) is 59.7 Å². The fraction of sp³-hybridized carbons (Fsp3) is 0.176. The Kier molecular flexibility index (Phi) is 5.14. The van der Waals surface area contributed by atoms with E-state index < -0.39 is 11.9 Å². The highest BCUT2D eigenvalue weighted by Crippen LogP contribution is 2.17. The molecule has 0 heterocycles. The first-order valence-corrected chi connectivity index (χ1v) is 6.77. The molecule has 0 atom stereocenters. The van der Waals surface area contributed by atoms with E-state index in [1.54, 1.807) is 36.4 Å². The van der Waals surface area contributed by atoms with Gasteiger partial charge in [-0.05, 0) is 55.5 Å². The monoisotopic (exact) mass is 300 g/mol. The summed E-state index contributed by atoms with van der Waals surface area (Å²) >= 11 is 0. The molecule has 2 aromatic rings. The van der Waals surface area contributed by atoms with Crippen molar-refractivity contribution in [2.45, 2.75) is 6.92 Å². The molecule has 0 saturated heterocycles. The summed E-state index contributed by atoms with van der Waals surface area (Å²) in [7, 11) is 1.31. The largest absolute Gasteiger partial charge is 0.494 e. The van der Waals surface area contributed by atoms with Gasteiger partial charge in [-0.2, -0.15) is 0 Å². The third-order valence-electron chi connectivity index (χ3n) is 2.89. The zero-order chi connectivity index (χ0) is 15.9. The summed E-state index contributed by atoms with van der Waals surface area (Å²) in [5.74, 6) is 0.131. The second kappa shape index (κ2) is 7.26. The fourth-order valence-corrected chi connectivity index (χ4v) is 1.80. The minimum atomic E-state index is -0.478. The Bertz CT molecular complexity index is 644. The molecule has 0 saturated carbocycles. The lowest BCUT2D eigenvalue weighted by molar-refractivity contribution is 0.0600. The molecule has 0 aliphatic rings. The van der Waals surface area contributed by atoms with Crippen molar-refractivity contribution in [2.75, 3.05) is 13.7 Å². The summed E-state index contributed by atoms with van der Waals surface area (Å²) in [5, 5.41) is 0. The molecule has 0 fully saturated rings. The first-order valence-electron chi connectivity index (χ1n) is 6.77. The van der Waals surface area contributed by atoms with Gasteiger partial charge in [0.1, 0.15) is 11.5 Å². The zero-order valence-corrected chi connectivity index (χ0v) is 12.4. The van der Waals surface area contributed by atoms with Crippen molar-refractivity contribution in [1.29, 1.82) is 0 Å². The zero-order valence-electron chi connectivity index (χ0n) is 12.4. The molecule has 0 bridgehead atoms. The molecule has 5 heteroatoms. The minimum Gasteiger partial charge on any atom is -0.494 e. The molecule has 0 amide bonds. The Balaban J connectivity index is 2.03. The van der Waals surface area contributed by atoms with Crippen molar-refractivity contribution >= 4 is 11.9 Å². The third kappa shape index (κ3) is 3.85. The average molecular weight is 300 g/mol. The van der Waals surface area contributed by atoms with Gasteiger partial charge in [-0.1, -0.05) is 0 Å². The lowest BCUT2D eigenvalue weighted by atomic mass is 10.2. The highest BCUT2D eigenvalue weighted by molar-refractivity contribution is 5.92. The number of esters is 2. The molecule has 0 aliphatic carbocycles. The van der Waals surface area contributed by atoms with Crippen LogP contribution in [0.3, 0.4) is 0 Å². The maximum Gasteiger partial charge on any atom is 0.343 e. The first kappa shape index (κ1) is 15.6. The summed E-state index contributed by atoms with van der Waals surface area (Å²) < 4.78 is 15.1. The van der Waals surface area contributed by atoms with Crippen molar-refractivity contribution < 1.29 is 23.8 Å². The Morgan fingerprint density at radius 1 is 0.818 bits per heavy atom. The lowest BCUT2D eigenvalue weighted by Crippen LogP contribution is -2.08. The van der Waals surface area contributed by atoms with E-state index in [9.17, 15) is 9.59 Å². The molecular formula is C17H16O5. The molecule has 0 unspecified atom stereocenters. The molecule has 114 valence electrons. The van der Waals surface area contributed by atoms with Gasteiger partial charge in [-0.15, -0.1) is 0 Å². The first-order chi connectivity index (χ1) is 10.6. The van der Waals surface area contributed by atoms with Crippen LogP contribution in [0.4, 0.5) is 0 Å². The van der Waals surface area contributed by atoms with E-state index in [1.807, 2.05) is 6.92 Å². The van der Waals surface area contributed by atoms with Gasteiger partial charge < -0.3 is 14.2 Å². The third-order valence-corrected chi connectivity index (χ3v) is 2.89. The van der Waals surface area contributed by atoms with Crippen LogP contribution in [0.15, 0.2) is 48.5 Å². The Morgan fingerprint density at radius 3 is 1.82 bits per heavy atom. The van der Waals surface area contributed by atoms with Crippen molar-refractivity contribution in [1.82, 2.24) is 0 Å². The van der Waals surface area contributed by atoms with Gasteiger partial charge in [0.25, 0.3) is 0 Å². The van der Waals surface area contributed by atoms with E-state index in [2.05, 4.69) is 4.74 Å². The standard InChI is InChI=1S/C17H16O5/c1-3-21-14-8-4-13(5-9-14)17(19)22-15-10-6-12(7-11-15)16(18)20-2/h4-11H,3H2,1-2H3. The number of hydrogen-bond acceptors (Lipinski definition) is 5. The van der Waals surface area contributed by atoms with Crippen LogP contribution in [-0.2, 0) is 4.74 Å². The number of benzene rings is 2. The summed E-state index contributed by atoms with van der Waals surface area (Å²) in [6.07, 6.45) is 0. The van der Waals surface area contributed by atoms with Gasteiger partial charge >= 0.3 is 11.9 Å². The maximum atomic E-state index is 12.0. The van der Waals surface area contributed by atoms with Crippen molar-refractivity contribution in [2.24, 2.45) is 0 Å². The Hall–Kier alpha value is -2.82. The van der Waals surface area contributed by atoms with Crippen LogP contribution < -0.4 is 9.47 Å². The Morgan fingerprint density at radius 2 is 1.32 bits per heavy atom. The maximum absolute atomic E-state index is 12.0. The summed E-state index contributed by atoms with van der Waals surface area (Å²) in [4.78, 5) is 23.3. The van der Waals surface area contributed by atoms with E-state index in [4.69, 9.17) is 9.47 Å². The van der Waals surface area contributed by atoms with Crippen molar-refractivity contribution in [3.63, 3.8) is 0 Å². The predicted molar refractivity (Wildman–Crippen MR) is 80.4 cm³/mol.